The van der Waals surface area contributed by atoms with Gasteiger partial charge in [-0.25, -0.2) is 0 Å². The topological polar surface area (TPSA) is 69.6 Å². The van der Waals surface area contributed by atoms with Gasteiger partial charge in [0.1, 0.15) is 0 Å². The molecule has 0 spiro atoms. The smallest absolute Gasteiger partial charge is 0.310 e. The molecule has 3 rings (SSSR count). The molecule has 0 aromatic heterocycles. The van der Waals surface area contributed by atoms with E-state index in [1.54, 1.807) is 6.92 Å². The first-order chi connectivity index (χ1) is 12.3. The predicted molar refractivity (Wildman–Crippen MR) is 102 cm³/mol. The number of carbonyl (C=O) groups is 2. The Balaban J connectivity index is 1.70. The van der Waals surface area contributed by atoms with Crippen molar-refractivity contribution in [1.29, 1.82) is 0 Å². The Morgan fingerprint density at radius 1 is 1.15 bits per heavy atom. The van der Waals surface area contributed by atoms with Crippen molar-refractivity contribution >= 4 is 22.6 Å². The van der Waals surface area contributed by atoms with Crippen LogP contribution in [-0.2, 0) is 9.59 Å². The Labute approximate surface area is 154 Å². The van der Waals surface area contributed by atoms with E-state index in [2.05, 4.69) is 23.5 Å². The molecule has 3 atom stereocenters. The molecule has 1 saturated heterocycles. The van der Waals surface area contributed by atoms with Crippen LogP contribution in [0.15, 0.2) is 42.5 Å². The summed E-state index contributed by atoms with van der Waals surface area (Å²) in [7, 11) is 0. The Hall–Kier alpha value is -2.40. The number of hydrogen-bond acceptors (Lipinski definition) is 3. The molecule has 26 heavy (non-hydrogen) atoms. The molecule has 2 N–H and O–H groups in total. The van der Waals surface area contributed by atoms with Crippen LogP contribution in [0, 0.1) is 5.41 Å². The zero-order valence-corrected chi connectivity index (χ0v) is 15.5. The lowest BCUT2D eigenvalue weighted by Gasteiger charge is -2.27. The van der Waals surface area contributed by atoms with Crippen LogP contribution in [0.3, 0.4) is 0 Å². The second kappa shape index (κ2) is 7.08. The van der Waals surface area contributed by atoms with E-state index in [4.69, 9.17) is 0 Å². The van der Waals surface area contributed by atoms with Gasteiger partial charge in [-0.3, -0.25) is 14.5 Å². The molecular weight excluding hydrogens is 328 g/mol. The molecule has 1 aliphatic rings. The number of fused-ring (bicyclic) bond motifs is 1. The predicted octanol–water partition coefficient (Wildman–Crippen LogP) is 3.20. The highest BCUT2D eigenvalue weighted by atomic mass is 16.4. The maximum Gasteiger partial charge on any atom is 0.310 e. The van der Waals surface area contributed by atoms with Crippen LogP contribution >= 0.6 is 0 Å². The van der Waals surface area contributed by atoms with E-state index in [-0.39, 0.29) is 18.0 Å². The maximum atomic E-state index is 12.7. The van der Waals surface area contributed by atoms with Crippen LogP contribution in [0.1, 0.15) is 38.8 Å². The molecule has 1 amide bonds. The van der Waals surface area contributed by atoms with Crippen molar-refractivity contribution in [2.24, 2.45) is 5.41 Å². The molecule has 138 valence electrons. The molecule has 0 radical (unpaired) electrons. The van der Waals surface area contributed by atoms with Gasteiger partial charge in [0.25, 0.3) is 0 Å². The normalized spacial score (nSPS) is 22.9. The average molecular weight is 354 g/mol. The summed E-state index contributed by atoms with van der Waals surface area (Å²) in [5.41, 5.74) is 0.316. The number of aliphatic carboxylic acids is 1. The molecule has 2 aromatic carbocycles. The Kier molecular flexibility index (Phi) is 5.01. The number of carboxylic acids is 1. The second-order valence-electron chi connectivity index (χ2n) is 7.56. The molecule has 2 aromatic rings. The number of hydrogen-bond donors (Lipinski definition) is 2. The standard InChI is InChI=1S/C21H26N2O3/c1-14(17-10-6-8-16-7-4-5-9-18(16)17)22-19(24)15(2)23-12-11-21(3,13-23)20(25)26/h4-10,14-15H,11-13H2,1-3H3,(H,22,24)(H,25,26). The molecule has 1 fully saturated rings. The van der Waals surface area contributed by atoms with E-state index >= 15 is 0 Å². The van der Waals surface area contributed by atoms with Crippen LogP contribution in [0.4, 0.5) is 0 Å². The fourth-order valence-corrected chi connectivity index (χ4v) is 3.71. The van der Waals surface area contributed by atoms with Gasteiger partial charge in [0.15, 0.2) is 0 Å². The van der Waals surface area contributed by atoms with Gasteiger partial charge in [-0.2, -0.15) is 0 Å². The molecule has 5 heteroatoms. The van der Waals surface area contributed by atoms with Crippen LogP contribution in [0.5, 0.6) is 0 Å². The van der Waals surface area contributed by atoms with E-state index in [1.165, 1.54) is 0 Å². The maximum absolute atomic E-state index is 12.7. The average Bonchev–Trinajstić information content (AvgIpc) is 3.04. The molecule has 0 saturated carbocycles. The van der Waals surface area contributed by atoms with Gasteiger partial charge < -0.3 is 10.4 Å². The third-order valence-electron chi connectivity index (χ3n) is 5.59. The van der Waals surface area contributed by atoms with Crippen LogP contribution < -0.4 is 5.32 Å². The minimum atomic E-state index is -0.795. The van der Waals surface area contributed by atoms with Gasteiger partial charge in [0.2, 0.25) is 5.91 Å². The fraction of sp³-hybridized carbons (Fsp3) is 0.429. The highest BCUT2D eigenvalue weighted by Gasteiger charge is 2.43. The summed E-state index contributed by atoms with van der Waals surface area (Å²) in [5, 5.41) is 14.8. The number of carbonyl (C=O) groups excluding carboxylic acids is 1. The van der Waals surface area contributed by atoms with Gasteiger partial charge in [0.05, 0.1) is 17.5 Å². The van der Waals surface area contributed by atoms with E-state index in [0.29, 0.717) is 19.5 Å². The first-order valence-corrected chi connectivity index (χ1v) is 9.07. The largest absolute Gasteiger partial charge is 0.481 e. The van der Waals surface area contributed by atoms with Gasteiger partial charge in [-0.15, -0.1) is 0 Å². The number of likely N-dealkylation sites (tertiary alicyclic amines) is 1. The van der Waals surface area contributed by atoms with Gasteiger partial charge in [0, 0.05) is 13.1 Å². The Morgan fingerprint density at radius 2 is 1.85 bits per heavy atom. The number of rotatable bonds is 5. The second-order valence-corrected chi connectivity index (χ2v) is 7.56. The minimum absolute atomic E-state index is 0.0694. The first kappa shape index (κ1) is 18.4. The lowest BCUT2D eigenvalue weighted by molar-refractivity contribution is -0.147. The molecular formula is C21H26N2O3. The van der Waals surface area contributed by atoms with Crippen molar-refractivity contribution in [2.75, 3.05) is 13.1 Å². The van der Waals surface area contributed by atoms with Crippen molar-refractivity contribution in [3.05, 3.63) is 48.0 Å². The zero-order valence-electron chi connectivity index (χ0n) is 15.5. The van der Waals surface area contributed by atoms with E-state index in [0.717, 1.165) is 16.3 Å². The third kappa shape index (κ3) is 3.44. The van der Waals surface area contributed by atoms with Crippen molar-refractivity contribution < 1.29 is 14.7 Å². The highest BCUT2D eigenvalue weighted by Crippen LogP contribution is 2.31. The summed E-state index contributed by atoms with van der Waals surface area (Å²) in [5.74, 6) is -0.864. The van der Waals surface area contributed by atoms with Crippen molar-refractivity contribution in [2.45, 2.75) is 39.3 Å². The number of nitrogens with zero attached hydrogens (tertiary/aromatic N) is 1. The summed E-state index contributed by atoms with van der Waals surface area (Å²) >= 11 is 0. The minimum Gasteiger partial charge on any atom is -0.481 e. The van der Waals surface area contributed by atoms with E-state index in [1.807, 2.05) is 43.0 Å². The zero-order chi connectivity index (χ0) is 18.9. The van der Waals surface area contributed by atoms with E-state index < -0.39 is 11.4 Å². The summed E-state index contributed by atoms with van der Waals surface area (Å²) in [6.07, 6.45) is 0.568. The highest BCUT2D eigenvalue weighted by molar-refractivity contribution is 5.87. The molecule has 0 bridgehead atoms. The van der Waals surface area contributed by atoms with Crippen molar-refractivity contribution in [3.63, 3.8) is 0 Å². The van der Waals surface area contributed by atoms with Crippen molar-refractivity contribution in [3.8, 4) is 0 Å². The number of nitrogens with one attached hydrogen (secondary N) is 1. The SMILES string of the molecule is CC(NC(=O)C(C)N1CCC(C)(C(=O)O)C1)c1cccc2ccccc12. The van der Waals surface area contributed by atoms with Crippen LogP contribution in [0.2, 0.25) is 0 Å². The lowest BCUT2D eigenvalue weighted by Crippen LogP contribution is -2.46. The Morgan fingerprint density at radius 3 is 2.54 bits per heavy atom. The van der Waals surface area contributed by atoms with Crippen LogP contribution in [-0.4, -0.2) is 41.0 Å². The van der Waals surface area contributed by atoms with Gasteiger partial charge in [-0.1, -0.05) is 42.5 Å². The molecule has 1 heterocycles. The number of amides is 1. The summed E-state index contributed by atoms with van der Waals surface area (Å²) in [6, 6.07) is 13.8. The first-order valence-electron chi connectivity index (χ1n) is 9.07. The molecule has 1 aliphatic heterocycles. The third-order valence-corrected chi connectivity index (χ3v) is 5.59. The molecule has 0 aliphatic carbocycles. The molecule has 5 nitrogen and oxygen atoms in total. The van der Waals surface area contributed by atoms with Gasteiger partial charge >= 0.3 is 5.97 Å². The van der Waals surface area contributed by atoms with E-state index in [9.17, 15) is 14.7 Å². The number of carboxylic acid groups (broad SMARTS) is 1. The summed E-state index contributed by atoms with van der Waals surface area (Å²) < 4.78 is 0. The van der Waals surface area contributed by atoms with Gasteiger partial charge in [-0.05, 0) is 43.5 Å². The molecule has 3 unspecified atom stereocenters. The summed E-state index contributed by atoms with van der Waals surface area (Å²) in [4.78, 5) is 26.1. The quantitative estimate of drug-likeness (QED) is 0.865. The lowest BCUT2D eigenvalue weighted by atomic mass is 9.90. The summed E-state index contributed by atoms with van der Waals surface area (Å²) in [6.45, 7) is 6.61. The van der Waals surface area contributed by atoms with Crippen molar-refractivity contribution in [1.82, 2.24) is 10.2 Å². The Bertz CT molecular complexity index is 830. The van der Waals surface area contributed by atoms with Crippen LogP contribution in [0.25, 0.3) is 10.8 Å². The fourth-order valence-electron chi connectivity index (χ4n) is 3.71. The number of benzene rings is 2. The monoisotopic (exact) mass is 354 g/mol.